The van der Waals surface area contributed by atoms with Crippen molar-refractivity contribution < 1.29 is 30.3 Å². The molecule has 0 saturated carbocycles. The fraction of sp³-hybridized carbons (Fsp3) is 0.750. The molecular formula is C8H14O6S. The second-order valence-electron chi connectivity index (χ2n) is 3.10. The van der Waals surface area contributed by atoms with Crippen molar-refractivity contribution in [3.63, 3.8) is 0 Å². The highest BCUT2D eigenvalue weighted by Gasteiger charge is 2.33. The first-order valence-corrected chi connectivity index (χ1v) is 4.61. The number of rotatable bonds is 6. The van der Waals surface area contributed by atoms with Gasteiger partial charge in [-0.05, 0) is 6.92 Å². The Balaban J connectivity index is 4.50. The Hall–Kier alpha value is -0.440. The van der Waals surface area contributed by atoms with Crippen LogP contribution in [0.1, 0.15) is 6.92 Å². The van der Waals surface area contributed by atoms with Crippen LogP contribution in [0.4, 0.5) is 0 Å². The molecule has 88 valence electrons. The maximum Gasteiger partial charge on any atom is 0.169 e. The number of hydrogen-bond donors (Lipinski definition) is 5. The van der Waals surface area contributed by atoms with E-state index in [0.29, 0.717) is 0 Å². The molecule has 15 heavy (non-hydrogen) atoms. The third kappa shape index (κ3) is 3.90. The molecule has 0 aliphatic rings. The monoisotopic (exact) mass is 238 g/mol. The highest BCUT2D eigenvalue weighted by atomic mass is 32.1. The summed E-state index contributed by atoms with van der Waals surface area (Å²) in [6, 6.07) is 0. The average Bonchev–Trinajstić information content (AvgIpc) is 2.23. The van der Waals surface area contributed by atoms with Gasteiger partial charge in [0.15, 0.2) is 5.78 Å². The summed E-state index contributed by atoms with van der Waals surface area (Å²) in [5.41, 5.74) is 0. The quantitative estimate of drug-likeness (QED) is 0.321. The van der Waals surface area contributed by atoms with E-state index in [9.17, 15) is 20.1 Å². The van der Waals surface area contributed by atoms with Gasteiger partial charge in [-0.2, -0.15) is 0 Å². The number of carbonyl (C=O) groups excluding carboxylic acids is 1. The van der Waals surface area contributed by atoms with Crippen LogP contribution in [0.25, 0.3) is 0 Å². The molecule has 6 nitrogen and oxygen atoms in total. The van der Waals surface area contributed by atoms with E-state index in [0.717, 1.165) is 6.92 Å². The molecule has 0 amide bonds. The van der Waals surface area contributed by atoms with Crippen molar-refractivity contribution in [1.29, 1.82) is 0 Å². The van der Waals surface area contributed by atoms with Crippen molar-refractivity contribution in [2.45, 2.75) is 31.3 Å². The van der Waals surface area contributed by atoms with Gasteiger partial charge in [0.05, 0.1) is 11.5 Å². The number of aliphatic hydroxyl groups is 5. The molecule has 0 aromatic rings. The van der Waals surface area contributed by atoms with Gasteiger partial charge >= 0.3 is 0 Å². The molecule has 0 heterocycles. The second-order valence-corrected chi connectivity index (χ2v) is 3.54. The minimum absolute atomic E-state index is 0.438. The summed E-state index contributed by atoms with van der Waals surface area (Å²) in [5.74, 6) is -0.609. The molecule has 0 aromatic heterocycles. The van der Waals surface area contributed by atoms with Crippen molar-refractivity contribution in [1.82, 2.24) is 0 Å². The first kappa shape index (κ1) is 14.6. The third-order valence-corrected chi connectivity index (χ3v) is 2.40. The van der Waals surface area contributed by atoms with Crippen LogP contribution >= 0.6 is 12.2 Å². The van der Waals surface area contributed by atoms with Gasteiger partial charge in [0.25, 0.3) is 0 Å². The van der Waals surface area contributed by atoms with E-state index in [-0.39, 0.29) is 0 Å². The highest BCUT2D eigenvalue weighted by molar-refractivity contribution is 7.82. The van der Waals surface area contributed by atoms with Crippen molar-refractivity contribution >= 4 is 22.9 Å². The highest BCUT2D eigenvalue weighted by Crippen LogP contribution is 2.07. The van der Waals surface area contributed by atoms with E-state index in [1.165, 1.54) is 0 Å². The summed E-state index contributed by atoms with van der Waals surface area (Å²) in [6.45, 7) is 0.324. The molecule has 0 radical (unpaired) electrons. The van der Waals surface area contributed by atoms with Crippen molar-refractivity contribution in [3.8, 4) is 0 Å². The van der Waals surface area contributed by atoms with Crippen molar-refractivity contribution in [2.24, 2.45) is 0 Å². The lowest BCUT2D eigenvalue weighted by molar-refractivity contribution is -0.114. The third-order valence-electron chi connectivity index (χ3n) is 1.87. The van der Waals surface area contributed by atoms with Crippen LogP contribution in [0.2, 0.25) is 0 Å². The predicted molar refractivity (Wildman–Crippen MR) is 54.4 cm³/mol. The molecule has 0 aromatic carbocycles. The summed E-state index contributed by atoms with van der Waals surface area (Å²) in [5, 5.41) is 45.2. The maximum absolute atomic E-state index is 10.7. The summed E-state index contributed by atoms with van der Waals surface area (Å²) >= 11 is 4.50. The van der Waals surface area contributed by atoms with E-state index in [2.05, 4.69) is 12.2 Å². The minimum Gasteiger partial charge on any atom is -0.394 e. The molecule has 0 bridgehead atoms. The van der Waals surface area contributed by atoms with E-state index >= 15 is 0 Å². The molecule has 0 spiro atoms. The van der Waals surface area contributed by atoms with E-state index in [4.69, 9.17) is 10.2 Å². The first-order valence-electron chi connectivity index (χ1n) is 4.20. The maximum atomic E-state index is 10.7. The molecular weight excluding hydrogens is 224 g/mol. The van der Waals surface area contributed by atoms with Gasteiger partial charge < -0.3 is 25.5 Å². The van der Waals surface area contributed by atoms with E-state index in [1.54, 1.807) is 0 Å². The normalized spacial score (nSPS) is 19.1. The van der Waals surface area contributed by atoms with Gasteiger partial charge in [0, 0.05) is 0 Å². The molecule has 0 fully saturated rings. The Morgan fingerprint density at radius 2 is 1.67 bits per heavy atom. The standard InChI is InChI=1S/C8H14O6S/c1-3(10)8(15)7(14)6(13)5(12)4(11)2-9/h4-7,9,11-14H,2H2,1H3/t4-,5+,6+,7-/m1/s1. The number of thiocarbonyl (C=S) groups is 1. The topological polar surface area (TPSA) is 118 Å². The molecule has 0 rings (SSSR count). The van der Waals surface area contributed by atoms with Crippen LogP contribution in [-0.2, 0) is 4.79 Å². The lowest BCUT2D eigenvalue weighted by atomic mass is 10.00. The van der Waals surface area contributed by atoms with Crippen LogP contribution < -0.4 is 0 Å². The number of carbonyl (C=O) groups is 1. The van der Waals surface area contributed by atoms with Gasteiger partial charge in [-0.15, -0.1) is 0 Å². The SMILES string of the molecule is CC(=O)C(=S)[C@H](O)[C@@H](O)[C@@H](O)[C@H](O)CO. The zero-order valence-corrected chi connectivity index (χ0v) is 8.89. The van der Waals surface area contributed by atoms with E-state index in [1.807, 2.05) is 0 Å². The molecule has 0 unspecified atom stereocenters. The minimum atomic E-state index is -1.82. The Labute approximate surface area is 91.8 Å². The predicted octanol–water partition coefficient (Wildman–Crippen LogP) is -2.62. The van der Waals surface area contributed by atoms with Gasteiger partial charge in [0.2, 0.25) is 0 Å². The van der Waals surface area contributed by atoms with Crippen molar-refractivity contribution in [2.75, 3.05) is 6.61 Å². The van der Waals surface area contributed by atoms with Crippen LogP contribution in [0, 0.1) is 0 Å². The lowest BCUT2D eigenvalue weighted by Gasteiger charge is -2.25. The fourth-order valence-electron chi connectivity index (χ4n) is 0.886. The molecule has 7 heteroatoms. The van der Waals surface area contributed by atoms with Gasteiger partial charge in [-0.25, -0.2) is 0 Å². The van der Waals surface area contributed by atoms with Crippen LogP contribution in [0.3, 0.4) is 0 Å². The van der Waals surface area contributed by atoms with Crippen molar-refractivity contribution in [3.05, 3.63) is 0 Å². The zero-order chi connectivity index (χ0) is 12.2. The molecule has 5 N–H and O–H groups in total. The summed E-state index contributed by atoms with van der Waals surface area (Å²) < 4.78 is 0. The van der Waals surface area contributed by atoms with Gasteiger partial charge in [0.1, 0.15) is 24.4 Å². The average molecular weight is 238 g/mol. The zero-order valence-electron chi connectivity index (χ0n) is 8.07. The Bertz CT molecular complexity index is 243. The Morgan fingerprint density at radius 3 is 2.00 bits per heavy atom. The van der Waals surface area contributed by atoms with Crippen LogP contribution in [-0.4, -0.2) is 67.2 Å². The number of ketones is 1. The summed E-state index contributed by atoms with van der Waals surface area (Å²) in [4.78, 5) is 10.3. The number of aliphatic hydroxyl groups excluding tert-OH is 5. The molecule has 0 saturated heterocycles. The Kier molecular flexibility index (Phi) is 6.03. The first-order chi connectivity index (χ1) is 6.82. The smallest absolute Gasteiger partial charge is 0.169 e. The summed E-state index contributed by atoms with van der Waals surface area (Å²) in [7, 11) is 0. The van der Waals surface area contributed by atoms with Gasteiger partial charge in [-0.3, -0.25) is 4.79 Å². The second kappa shape index (κ2) is 6.21. The summed E-state index contributed by atoms with van der Waals surface area (Å²) in [6.07, 6.45) is -6.94. The fourth-order valence-corrected chi connectivity index (χ4v) is 1.03. The molecule has 0 aliphatic carbocycles. The van der Waals surface area contributed by atoms with Gasteiger partial charge in [-0.1, -0.05) is 12.2 Å². The largest absolute Gasteiger partial charge is 0.394 e. The Morgan fingerprint density at radius 1 is 1.20 bits per heavy atom. The molecule has 4 atom stereocenters. The lowest BCUT2D eigenvalue weighted by Crippen LogP contribution is -2.49. The van der Waals surface area contributed by atoms with Crippen LogP contribution in [0.5, 0.6) is 0 Å². The number of Topliss-reactive ketones (excluding diaryl/α,β-unsaturated/α-hetero) is 1. The number of hydrogen-bond acceptors (Lipinski definition) is 7. The van der Waals surface area contributed by atoms with E-state index < -0.39 is 41.7 Å². The molecule has 0 aliphatic heterocycles. The van der Waals surface area contributed by atoms with Crippen LogP contribution in [0.15, 0.2) is 0 Å².